The third-order valence-electron chi connectivity index (χ3n) is 4.14. The number of fused-ring (bicyclic) bond motifs is 1. The second kappa shape index (κ2) is 7.54. The van der Waals surface area contributed by atoms with E-state index >= 15 is 0 Å². The minimum atomic E-state index is -1.08. The summed E-state index contributed by atoms with van der Waals surface area (Å²) < 4.78 is 3.73. The number of aromatic nitrogens is 4. The number of nitrogens with zero attached hydrogens (tertiary/aromatic N) is 4. The Morgan fingerprint density at radius 1 is 1.23 bits per heavy atom. The van der Waals surface area contributed by atoms with Gasteiger partial charge in [0.1, 0.15) is 6.04 Å². The zero-order valence-electron chi connectivity index (χ0n) is 15.2. The topological polar surface area (TPSA) is 128 Å². The fourth-order valence-electron chi connectivity index (χ4n) is 2.75. The van der Waals surface area contributed by atoms with E-state index < -0.39 is 29.2 Å². The first-order chi connectivity index (χ1) is 12.1. The number of amides is 1. The molecular formula is C16H23N5O5. The number of hydrogen-bond acceptors (Lipinski definition) is 5. The number of nitrogens with one attached hydrogen (secondary N) is 1. The van der Waals surface area contributed by atoms with Crippen molar-refractivity contribution >= 4 is 23.0 Å². The van der Waals surface area contributed by atoms with Gasteiger partial charge in [-0.25, -0.2) is 14.6 Å². The normalized spacial score (nSPS) is 12.5. The molecule has 0 saturated carbocycles. The lowest BCUT2D eigenvalue weighted by molar-refractivity contribution is -0.142. The van der Waals surface area contributed by atoms with Crippen LogP contribution in [0, 0.1) is 5.92 Å². The van der Waals surface area contributed by atoms with Crippen LogP contribution >= 0.6 is 0 Å². The molecule has 0 unspecified atom stereocenters. The fraction of sp³-hybridized carbons (Fsp3) is 0.562. The summed E-state index contributed by atoms with van der Waals surface area (Å²) >= 11 is 0. The van der Waals surface area contributed by atoms with Gasteiger partial charge in [0.15, 0.2) is 11.2 Å². The van der Waals surface area contributed by atoms with E-state index in [0.29, 0.717) is 6.42 Å². The Morgan fingerprint density at radius 3 is 2.46 bits per heavy atom. The van der Waals surface area contributed by atoms with Gasteiger partial charge in [-0.3, -0.25) is 18.7 Å². The van der Waals surface area contributed by atoms with E-state index in [1.54, 1.807) is 0 Å². The lowest BCUT2D eigenvalue weighted by Crippen LogP contribution is -2.42. The monoisotopic (exact) mass is 365 g/mol. The van der Waals surface area contributed by atoms with Crippen molar-refractivity contribution in [3.8, 4) is 0 Å². The van der Waals surface area contributed by atoms with Crippen LogP contribution in [0.2, 0.25) is 0 Å². The Kier molecular flexibility index (Phi) is 5.63. The fourth-order valence-corrected chi connectivity index (χ4v) is 2.75. The van der Waals surface area contributed by atoms with E-state index in [4.69, 9.17) is 0 Å². The number of carboxylic acid groups (broad SMARTS) is 1. The number of hydrogen-bond donors (Lipinski definition) is 2. The molecule has 2 rings (SSSR count). The zero-order valence-corrected chi connectivity index (χ0v) is 15.2. The van der Waals surface area contributed by atoms with Gasteiger partial charge in [-0.1, -0.05) is 13.8 Å². The summed E-state index contributed by atoms with van der Waals surface area (Å²) in [7, 11) is 2.88. The van der Waals surface area contributed by atoms with Crippen LogP contribution in [0.1, 0.15) is 26.7 Å². The first-order valence-electron chi connectivity index (χ1n) is 8.26. The second-order valence-corrected chi connectivity index (χ2v) is 6.65. The van der Waals surface area contributed by atoms with Gasteiger partial charge in [-0.05, 0) is 12.3 Å². The molecule has 1 atom stereocenters. The maximum atomic E-state index is 12.3. The molecular weight excluding hydrogens is 342 g/mol. The second-order valence-electron chi connectivity index (χ2n) is 6.65. The average Bonchev–Trinajstić information content (AvgIpc) is 2.99. The number of imidazole rings is 1. The molecule has 26 heavy (non-hydrogen) atoms. The van der Waals surface area contributed by atoms with E-state index in [0.717, 1.165) is 4.57 Å². The van der Waals surface area contributed by atoms with Crippen LogP contribution in [-0.2, 0) is 30.2 Å². The van der Waals surface area contributed by atoms with E-state index in [1.165, 1.54) is 29.6 Å². The number of carboxylic acids is 1. The van der Waals surface area contributed by atoms with Crippen molar-refractivity contribution in [3.63, 3.8) is 0 Å². The van der Waals surface area contributed by atoms with E-state index in [2.05, 4.69) is 10.3 Å². The molecule has 2 heterocycles. The third kappa shape index (κ3) is 3.84. The quantitative estimate of drug-likeness (QED) is 0.677. The van der Waals surface area contributed by atoms with Crippen molar-refractivity contribution in [1.29, 1.82) is 0 Å². The maximum absolute atomic E-state index is 12.3. The molecule has 10 heteroatoms. The highest BCUT2D eigenvalue weighted by Crippen LogP contribution is 2.08. The molecule has 2 aromatic rings. The van der Waals surface area contributed by atoms with Crippen LogP contribution in [0.4, 0.5) is 0 Å². The summed E-state index contributed by atoms with van der Waals surface area (Å²) in [6, 6.07) is -0.948. The zero-order chi connectivity index (χ0) is 19.6. The van der Waals surface area contributed by atoms with Gasteiger partial charge < -0.3 is 15.0 Å². The first kappa shape index (κ1) is 19.4. The lowest BCUT2D eigenvalue weighted by Gasteiger charge is -2.16. The van der Waals surface area contributed by atoms with Crippen molar-refractivity contribution in [2.24, 2.45) is 20.0 Å². The van der Waals surface area contributed by atoms with Gasteiger partial charge in [0, 0.05) is 27.1 Å². The smallest absolute Gasteiger partial charge is 0.332 e. The third-order valence-corrected chi connectivity index (χ3v) is 4.14. The molecule has 0 aliphatic heterocycles. The highest BCUT2D eigenvalue weighted by atomic mass is 16.4. The van der Waals surface area contributed by atoms with Crippen molar-refractivity contribution in [3.05, 3.63) is 27.2 Å². The van der Waals surface area contributed by atoms with E-state index in [9.17, 15) is 24.3 Å². The SMILES string of the molecule is CC(C)C[C@H](NC(=O)CCn1cnc2c1c(=O)n(C)c(=O)n2C)C(=O)O. The number of rotatable bonds is 7. The lowest BCUT2D eigenvalue weighted by atomic mass is 10.0. The summed E-state index contributed by atoms with van der Waals surface area (Å²) in [5.41, 5.74) is -0.520. The van der Waals surface area contributed by atoms with Gasteiger partial charge in [0.05, 0.1) is 6.33 Å². The van der Waals surface area contributed by atoms with Gasteiger partial charge in [0.2, 0.25) is 5.91 Å². The van der Waals surface area contributed by atoms with Crippen molar-refractivity contribution in [1.82, 2.24) is 24.0 Å². The Morgan fingerprint density at radius 2 is 1.88 bits per heavy atom. The Hall–Kier alpha value is -2.91. The Labute approximate surface area is 149 Å². The minimum Gasteiger partial charge on any atom is -0.480 e. The van der Waals surface area contributed by atoms with Gasteiger partial charge in [0.25, 0.3) is 5.56 Å². The van der Waals surface area contributed by atoms with Crippen LogP contribution in [0.25, 0.3) is 11.2 Å². The summed E-state index contributed by atoms with van der Waals surface area (Å²) in [5, 5.41) is 11.7. The highest BCUT2D eigenvalue weighted by molar-refractivity contribution is 5.83. The van der Waals surface area contributed by atoms with Crippen LogP contribution in [0.3, 0.4) is 0 Å². The molecule has 2 aromatic heterocycles. The van der Waals surface area contributed by atoms with Crippen LogP contribution < -0.4 is 16.6 Å². The van der Waals surface area contributed by atoms with Gasteiger partial charge >= 0.3 is 11.7 Å². The molecule has 0 spiro atoms. The molecule has 10 nitrogen and oxygen atoms in total. The molecule has 1 amide bonds. The standard InChI is InChI=1S/C16H23N5O5/c1-9(2)7-10(15(24)25)18-11(22)5-6-21-8-17-13-12(21)14(23)20(4)16(26)19(13)3/h8-10H,5-7H2,1-4H3,(H,18,22)(H,24,25)/t10-/m0/s1. The number of carbonyl (C=O) groups excluding carboxylic acids is 1. The van der Waals surface area contributed by atoms with Crippen molar-refractivity contribution in [2.75, 3.05) is 0 Å². The highest BCUT2D eigenvalue weighted by Gasteiger charge is 2.21. The summed E-state index contributed by atoms with van der Waals surface area (Å²) in [5.74, 6) is -1.39. The average molecular weight is 365 g/mol. The van der Waals surface area contributed by atoms with Crippen molar-refractivity contribution < 1.29 is 14.7 Å². The molecule has 0 aliphatic rings. The largest absolute Gasteiger partial charge is 0.480 e. The molecule has 0 bridgehead atoms. The molecule has 142 valence electrons. The number of aliphatic carboxylic acids is 1. The van der Waals surface area contributed by atoms with Crippen LogP contribution in [0.15, 0.2) is 15.9 Å². The minimum absolute atomic E-state index is 0.0146. The summed E-state index contributed by atoms with van der Waals surface area (Å²) in [6.07, 6.45) is 1.71. The van der Waals surface area contributed by atoms with Crippen LogP contribution in [-0.4, -0.2) is 41.7 Å². The van der Waals surface area contributed by atoms with E-state index in [1.807, 2.05) is 13.8 Å². The van der Waals surface area contributed by atoms with Gasteiger partial charge in [-0.2, -0.15) is 0 Å². The molecule has 2 N–H and O–H groups in total. The Balaban J connectivity index is 2.17. The molecule has 0 aromatic carbocycles. The maximum Gasteiger partial charge on any atom is 0.332 e. The van der Waals surface area contributed by atoms with Gasteiger partial charge in [-0.15, -0.1) is 0 Å². The molecule has 0 aliphatic carbocycles. The number of carbonyl (C=O) groups is 2. The summed E-state index contributed by atoms with van der Waals surface area (Å²) in [4.78, 5) is 51.6. The molecule has 0 radical (unpaired) electrons. The first-order valence-corrected chi connectivity index (χ1v) is 8.26. The predicted molar refractivity (Wildman–Crippen MR) is 93.9 cm³/mol. The predicted octanol–water partition coefficient (Wildman–Crippen LogP) is -0.561. The van der Waals surface area contributed by atoms with Crippen molar-refractivity contribution in [2.45, 2.75) is 39.3 Å². The Bertz CT molecular complexity index is 952. The van der Waals surface area contributed by atoms with Crippen LogP contribution in [0.5, 0.6) is 0 Å². The summed E-state index contributed by atoms with van der Waals surface area (Å²) in [6.45, 7) is 3.89. The molecule has 0 fully saturated rings. The molecule has 0 saturated heterocycles. The number of aryl methyl sites for hydroxylation is 2. The van der Waals surface area contributed by atoms with E-state index in [-0.39, 0.29) is 30.0 Å².